The molecule has 4 heteroatoms. The number of rotatable bonds is 7. The minimum absolute atomic E-state index is 0.0575. The van der Waals surface area contributed by atoms with Crippen LogP contribution in [0.1, 0.15) is 26.7 Å². The zero-order chi connectivity index (χ0) is 11.1. The van der Waals surface area contributed by atoms with Crippen LogP contribution in [0.5, 0.6) is 0 Å². The highest BCUT2D eigenvalue weighted by atomic mass is 16.5. The molecule has 1 aliphatic heterocycles. The van der Waals surface area contributed by atoms with Crippen molar-refractivity contribution in [2.45, 2.75) is 32.7 Å². The van der Waals surface area contributed by atoms with Crippen LogP contribution in [0.3, 0.4) is 0 Å². The summed E-state index contributed by atoms with van der Waals surface area (Å²) >= 11 is 0. The van der Waals surface area contributed by atoms with E-state index in [2.05, 4.69) is 5.32 Å². The van der Waals surface area contributed by atoms with E-state index in [9.17, 15) is 4.79 Å². The van der Waals surface area contributed by atoms with Gasteiger partial charge >= 0.3 is 0 Å². The molecule has 0 saturated carbocycles. The SMILES string of the molecule is CCNC1CCN(CCCOCC)C1=O. The molecule has 1 atom stereocenters. The number of likely N-dealkylation sites (tertiary alicyclic amines) is 1. The first-order valence-electron chi connectivity index (χ1n) is 5.89. The Morgan fingerprint density at radius 1 is 1.53 bits per heavy atom. The van der Waals surface area contributed by atoms with E-state index in [1.54, 1.807) is 0 Å². The Balaban J connectivity index is 2.18. The van der Waals surface area contributed by atoms with Gasteiger partial charge in [-0.3, -0.25) is 4.79 Å². The van der Waals surface area contributed by atoms with Crippen LogP contribution in [-0.4, -0.2) is 49.7 Å². The average molecular weight is 214 g/mol. The molecule has 0 aromatic heterocycles. The van der Waals surface area contributed by atoms with Crippen molar-refractivity contribution in [2.75, 3.05) is 32.8 Å². The minimum atomic E-state index is 0.0575. The summed E-state index contributed by atoms with van der Waals surface area (Å²) in [5, 5.41) is 3.20. The quantitative estimate of drug-likeness (QED) is 0.632. The second kappa shape index (κ2) is 6.80. The Kier molecular flexibility index (Phi) is 5.65. The molecule has 1 unspecified atom stereocenters. The molecule has 1 heterocycles. The summed E-state index contributed by atoms with van der Waals surface area (Å²) in [6.07, 6.45) is 1.89. The van der Waals surface area contributed by atoms with Gasteiger partial charge in [-0.25, -0.2) is 0 Å². The number of ether oxygens (including phenoxy) is 1. The van der Waals surface area contributed by atoms with Crippen LogP contribution in [-0.2, 0) is 9.53 Å². The maximum atomic E-state index is 11.8. The topological polar surface area (TPSA) is 41.6 Å². The predicted octanol–water partition coefficient (Wildman–Crippen LogP) is 0.623. The molecule has 1 saturated heterocycles. The summed E-state index contributed by atoms with van der Waals surface area (Å²) in [6, 6.07) is 0.0575. The van der Waals surface area contributed by atoms with E-state index in [-0.39, 0.29) is 11.9 Å². The molecule has 0 aliphatic carbocycles. The summed E-state index contributed by atoms with van der Waals surface area (Å²) in [7, 11) is 0. The smallest absolute Gasteiger partial charge is 0.239 e. The van der Waals surface area contributed by atoms with Crippen molar-refractivity contribution in [1.29, 1.82) is 0 Å². The van der Waals surface area contributed by atoms with Gasteiger partial charge in [0.25, 0.3) is 0 Å². The number of hydrogen-bond donors (Lipinski definition) is 1. The lowest BCUT2D eigenvalue weighted by Crippen LogP contribution is -2.38. The number of carbonyl (C=O) groups excluding carboxylic acids is 1. The van der Waals surface area contributed by atoms with Gasteiger partial charge in [0.1, 0.15) is 0 Å². The van der Waals surface area contributed by atoms with Gasteiger partial charge < -0.3 is 15.0 Å². The number of nitrogens with zero attached hydrogens (tertiary/aromatic N) is 1. The Morgan fingerprint density at radius 3 is 3.00 bits per heavy atom. The summed E-state index contributed by atoms with van der Waals surface area (Å²) in [6.45, 7) is 8.12. The fourth-order valence-electron chi connectivity index (χ4n) is 1.90. The van der Waals surface area contributed by atoms with E-state index in [1.807, 2.05) is 18.7 Å². The lowest BCUT2D eigenvalue weighted by Gasteiger charge is -2.16. The summed E-state index contributed by atoms with van der Waals surface area (Å²) in [5.41, 5.74) is 0. The van der Waals surface area contributed by atoms with Crippen LogP contribution in [0.2, 0.25) is 0 Å². The standard InChI is InChI=1S/C11H22N2O2/c1-3-12-10-6-8-13(11(10)14)7-5-9-15-4-2/h10,12H,3-9H2,1-2H3. The largest absolute Gasteiger partial charge is 0.382 e. The third-order valence-corrected chi connectivity index (χ3v) is 2.67. The average Bonchev–Trinajstić information content (AvgIpc) is 2.57. The number of hydrogen-bond acceptors (Lipinski definition) is 3. The molecule has 0 aromatic rings. The lowest BCUT2D eigenvalue weighted by atomic mass is 10.2. The number of amides is 1. The fourth-order valence-corrected chi connectivity index (χ4v) is 1.90. The van der Waals surface area contributed by atoms with Crippen molar-refractivity contribution in [3.05, 3.63) is 0 Å². The highest BCUT2D eigenvalue weighted by Gasteiger charge is 2.29. The molecule has 15 heavy (non-hydrogen) atoms. The van der Waals surface area contributed by atoms with E-state index < -0.39 is 0 Å². The summed E-state index contributed by atoms with van der Waals surface area (Å²) in [5.74, 6) is 0.258. The van der Waals surface area contributed by atoms with E-state index >= 15 is 0 Å². The van der Waals surface area contributed by atoms with Gasteiger partial charge in [0.15, 0.2) is 0 Å². The minimum Gasteiger partial charge on any atom is -0.382 e. The van der Waals surface area contributed by atoms with Gasteiger partial charge in [0.05, 0.1) is 6.04 Å². The van der Waals surface area contributed by atoms with Crippen molar-refractivity contribution in [2.24, 2.45) is 0 Å². The maximum absolute atomic E-state index is 11.8. The molecule has 0 bridgehead atoms. The van der Waals surface area contributed by atoms with Gasteiger partial charge in [-0.15, -0.1) is 0 Å². The molecular formula is C11H22N2O2. The molecule has 1 amide bonds. The van der Waals surface area contributed by atoms with Gasteiger partial charge in [-0.05, 0) is 26.3 Å². The van der Waals surface area contributed by atoms with Crippen molar-refractivity contribution < 1.29 is 9.53 Å². The number of likely N-dealkylation sites (N-methyl/N-ethyl adjacent to an activating group) is 1. The van der Waals surface area contributed by atoms with E-state index in [0.717, 1.165) is 45.7 Å². The first kappa shape index (κ1) is 12.5. The molecule has 88 valence electrons. The summed E-state index contributed by atoms with van der Waals surface area (Å²) < 4.78 is 5.25. The van der Waals surface area contributed by atoms with Gasteiger partial charge in [-0.2, -0.15) is 0 Å². The second-order valence-electron chi connectivity index (χ2n) is 3.77. The van der Waals surface area contributed by atoms with Crippen LogP contribution < -0.4 is 5.32 Å². The first-order valence-corrected chi connectivity index (χ1v) is 5.89. The Bertz CT molecular complexity index is 197. The molecule has 0 spiro atoms. The van der Waals surface area contributed by atoms with Crippen molar-refractivity contribution >= 4 is 5.91 Å². The van der Waals surface area contributed by atoms with E-state index in [4.69, 9.17) is 4.74 Å². The van der Waals surface area contributed by atoms with E-state index in [1.165, 1.54) is 0 Å². The normalized spacial score (nSPS) is 21.3. The van der Waals surface area contributed by atoms with Gasteiger partial charge in [0, 0.05) is 26.3 Å². The Morgan fingerprint density at radius 2 is 2.33 bits per heavy atom. The van der Waals surface area contributed by atoms with E-state index in [0.29, 0.717) is 0 Å². The van der Waals surface area contributed by atoms with Crippen LogP contribution in [0.15, 0.2) is 0 Å². The molecule has 4 nitrogen and oxygen atoms in total. The van der Waals surface area contributed by atoms with Crippen LogP contribution in [0, 0.1) is 0 Å². The van der Waals surface area contributed by atoms with Crippen LogP contribution >= 0.6 is 0 Å². The molecule has 1 fully saturated rings. The van der Waals surface area contributed by atoms with Crippen molar-refractivity contribution in [3.8, 4) is 0 Å². The molecule has 0 aromatic carbocycles. The molecule has 1 aliphatic rings. The molecular weight excluding hydrogens is 192 g/mol. The van der Waals surface area contributed by atoms with Gasteiger partial charge in [-0.1, -0.05) is 6.92 Å². The molecule has 0 radical (unpaired) electrons. The van der Waals surface area contributed by atoms with Gasteiger partial charge in [0.2, 0.25) is 5.91 Å². The highest BCUT2D eigenvalue weighted by Crippen LogP contribution is 2.11. The fraction of sp³-hybridized carbons (Fsp3) is 0.909. The second-order valence-corrected chi connectivity index (χ2v) is 3.77. The maximum Gasteiger partial charge on any atom is 0.239 e. The Hall–Kier alpha value is -0.610. The monoisotopic (exact) mass is 214 g/mol. The Labute approximate surface area is 92.0 Å². The highest BCUT2D eigenvalue weighted by molar-refractivity contribution is 5.83. The third kappa shape index (κ3) is 3.80. The zero-order valence-corrected chi connectivity index (χ0v) is 9.79. The van der Waals surface area contributed by atoms with Crippen molar-refractivity contribution in [3.63, 3.8) is 0 Å². The predicted molar refractivity (Wildman–Crippen MR) is 59.8 cm³/mol. The zero-order valence-electron chi connectivity index (χ0n) is 9.79. The van der Waals surface area contributed by atoms with Crippen LogP contribution in [0.25, 0.3) is 0 Å². The first-order chi connectivity index (χ1) is 7.29. The van der Waals surface area contributed by atoms with Crippen molar-refractivity contribution in [1.82, 2.24) is 10.2 Å². The molecule has 1 rings (SSSR count). The summed E-state index contributed by atoms with van der Waals surface area (Å²) in [4.78, 5) is 13.7. The third-order valence-electron chi connectivity index (χ3n) is 2.67. The number of carbonyl (C=O) groups is 1. The van der Waals surface area contributed by atoms with Crippen LogP contribution in [0.4, 0.5) is 0 Å². The number of nitrogens with one attached hydrogen (secondary N) is 1. The lowest BCUT2D eigenvalue weighted by molar-refractivity contribution is -0.129. The molecule has 1 N–H and O–H groups in total.